The van der Waals surface area contributed by atoms with Crippen LogP contribution in [0.5, 0.6) is 0 Å². The molecule has 1 aliphatic heterocycles. The van der Waals surface area contributed by atoms with Crippen molar-refractivity contribution in [2.24, 2.45) is 0 Å². The fraction of sp³-hybridized carbons (Fsp3) is 0.231. The van der Waals surface area contributed by atoms with E-state index in [1.807, 2.05) is 17.8 Å². The molecule has 144 valence electrons. The number of allylic oxidation sites excluding steroid dienone is 5. The molecule has 0 bridgehead atoms. The Morgan fingerprint density at radius 3 is 2.64 bits per heavy atom. The van der Waals surface area contributed by atoms with Crippen LogP contribution in [-0.2, 0) is 0 Å². The molecule has 3 rings (SSSR count). The second kappa shape index (κ2) is 9.07. The smallest absolute Gasteiger partial charge is 0.0339 e. The average molecular weight is 405 g/mol. The molecule has 2 aromatic rings. The lowest BCUT2D eigenvalue weighted by atomic mass is 10.1. The topological polar surface area (TPSA) is 0 Å². The minimum Gasteiger partial charge on any atom is -0.120 e. The van der Waals surface area contributed by atoms with Crippen molar-refractivity contribution in [1.29, 1.82) is 0 Å². The summed E-state index contributed by atoms with van der Waals surface area (Å²) in [5.74, 6) is 0.954. The van der Waals surface area contributed by atoms with E-state index in [4.69, 9.17) is 0 Å². The zero-order valence-corrected chi connectivity index (χ0v) is 18.7. The quantitative estimate of drug-likeness (QED) is 0.460. The van der Waals surface area contributed by atoms with E-state index in [1.54, 1.807) is 11.8 Å². The Balaban J connectivity index is 2.15. The Kier molecular flexibility index (Phi) is 6.74. The zero-order valence-electron chi connectivity index (χ0n) is 17.1. The number of aryl methyl sites for hydroxylation is 2. The molecule has 0 spiro atoms. The molecule has 1 heterocycles. The van der Waals surface area contributed by atoms with E-state index in [0.717, 1.165) is 29.1 Å². The Labute approximate surface area is 178 Å². The van der Waals surface area contributed by atoms with E-state index in [1.165, 1.54) is 42.8 Å². The van der Waals surface area contributed by atoms with Crippen LogP contribution in [0.25, 0.3) is 10.8 Å². The van der Waals surface area contributed by atoms with Crippen LogP contribution >= 0.6 is 23.5 Å². The van der Waals surface area contributed by atoms with Gasteiger partial charge in [-0.25, -0.2) is 0 Å². The van der Waals surface area contributed by atoms with E-state index >= 15 is 0 Å². The lowest BCUT2D eigenvalue weighted by Crippen LogP contribution is -1.92. The number of benzene rings is 2. The molecule has 0 radical (unpaired) electrons. The average Bonchev–Trinajstić information content (AvgIpc) is 2.69. The molecule has 0 atom stereocenters. The van der Waals surface area contributed by atoms with E-state index in [0.29, 0.717) is 0 Å². The largest absolute Gasteiger partial charge is 0.120 e. The van der Waals surface area contributed by atoms with Crippen molar-refractivity contribution in [3.63, 3.8) is 0 Å². The van der Waals surface area contributed by atoms with Crippen molar-refractivity contribution in [2.45, 2.75) is 43.4 Å². The summed E-state index contributed by atoms with van der Waals surface area (Å²) in [6.07, 6.45) is 8.45. The molecule has 0 amide bonds. The predicted octanol–water partition coefficient (Wildman–Crippen LogP) is 8.56. The first kappa shape index (κ1) is 20.8. The minimum absolute atomic E-state index is 0.944. The zero-order chi connectivity index (χ0) is 20.3. The van der Waals surface area contributed by atoms with Crippen LogP contribution in [0.3, 0.4) is 0 Å². The van der Waals surface area contributed by atoms with Crippen molar-refractivity contribution in [2.75, 3.05) is 5.75 Å². The molecule has 28 heavy (non-hydrogen) atoms. The summed E-state index contributed by atoms with van der Waals surface area (Å²) < 4.78 is 0. The summed E-state index contributed by atoms with van der Waals surface area (Å²) in [5, 5.41) is 2.61. The molecule has 2 aromatic carbocycles. The monoisotopic (exact) mass is 404 g/mol. The third-order valence-electron chi connectivity index (χ3n) is 4.98. The maximum absolute atomic E-state index is 4.35. The standard InChI is InChI=1S/C26H28S2/c1-7-17(2)13-22-10-8-9-19(4)21(6)28-26-24-14-18(3)11-12-23(24)15-20(5)25(26)27-16-22/h7,10-15H,1,4,6,8-9,16H2,2-3,5H3/b17-13-,22-10-. The molecule has 0 unspecified atom stereocenters. The SMILES string of the molecule is C=C/C(C)=C\C1=C\CCC(=C)C(=C)Sc2c(c(C)cc3ccc(C)cc23)SC1. The Morgan fingerprint density at radius 1 is 1.11 bits per heavy atom. The second-order valence-corrected chi connectivity index (χ2v) is 9.49. The highest BCUT2D eigenvalue weighted by atomic mass is 32.2. The van der Waals surface area contributed by atoms with Crippen LogP contribution < -0.4 is 0 Å². The normalized spacial score (nSPS) is 18.2. The minimum atomic E-state index is 0.944. The molecular weight excluding hydrogens is 376 g/mol. The number of hydrogen-bond donors (Lipinski definition) is 0. The molecule has 0 fully saturated rings. The molecule has 1 aliphatic rings. The number of hydrogen-bond acceptors (Lipinski definition) is 2. The van der Waals surface area contributed by atoms with Gasteiger partial charge in [0.1, 0.15) is 0 Å². The molecular formula is C26H28S2. The predicted molar refractivity (Wildman–Crippen MR) is 130 cm³/mol. The van der Waals surface area contributed by atoms with Gasteiger partial charge in [-0.2, -0.15) is 0 Å². The van der Waals surface area contributed by atoms with Gasteiger partial charge in [0.2, 0.25) is 0 Å². The van der Waals surface area contributed by atoms with Crippen LogP contribution in [0.15, 0.2) is 93.6 Å². The van der Waals surface area contributed by atoms with Crippen LogP contribution in [0.1, 0.15) is 30.9 Å². The fourth-order valence-electron chi connectivity index (χ4n) is 3.31. The molecule has 2 heteroatoms. The van der Waals surface area contributed by atoms with E-state index < -0.39 is 0 Å². The first-order chi connectivity index (χ1) is 13.4. The first-order valence-electron chi connectivity index (χ1n) is 9.60. The summed E-state index contributed by atoms with van der Waals surface area (Å²) in [6, 6.07) is 9.03. The van der Waals surface area contributed by atoms with Crippen molar-refractivity contribution in [3.05, 3.63) is 95.0 Å². The lowest BCUT2D eigenvalue weighted by Gasteiger charge is -2.17. The summed E-state index contributed by atoms with van der Waals surface area (Å²) in [5.41, 5.74) is 6.29. The van der Waals surface area contributed by atoms with Gasteiger partial charge in [0.25, 0.3) is 0 Å². The van der Waals surface area contributed by atoms with Gasteiger partial charge < -0.3 is 0 Å². The summed E-state index contributed by atoms with van der Waals surface area (Å²) in [6.45, 7) is 19.0. The molecule has 0 aliphatic carbocycles. The van der Waals surface area contributed by atoms with Crippen LogP contribution in [-0.4, -0.2) is 5.75 Å². The maximum Gasteiger partial charge on any atom is 0.0339 e. The van der Waals surface area contributed by atoms with Gasteiger partial charge in [0, 0.05) is 20.4 Å². The first-order valence-corrected chi connectivity index (χ1v) is 11.4. The Hall–Kier alpha value is -1.90. The van der Waals surface area contributed by atoms with Gasteiger partial charge in [-0.15, -0.1) is 11.8 Å². The Morgan fingerprint density at radius 2 is 1.89 bits per heavy atom. The van der Waals surface area contributed by atoms with Gasteiger partial charge in [-0.1, -0.05) is 85.1 Å². The highest BCUT2D eigenvalue weighted by Crippen LogP contribution is 2.45. The van der Waals surface area contributed by atoms with Gasteiger partial charge in [0.15, 0.2) is 0 Å². The number of thioether (sulfide) groups is 2. The van der Waals surface area contributed by atoms with Gasteiger partial charge in [-0.05, 0) is 61.1 Å². The maximum atomic E-state index is 4.35. The van der Waals surface area contributed by atoms with Crippen molar-refractivity contribution in [3.8, 4) is 0 Å². The van der Waals surface area contributed by atoms with E-state index in [2.05, 4.69) is 76.9 Å². The van der Waals surface area contributed by atoms with E-state index in [-0.39, 0.29) is 0 Å². The molecule has 0 saturated carbocycles. The Bertz CT molecular complexity index is 1020. The van der Waals surface area contributed by atoms with Crippen molar-refractivity contribution >= 4 is 34.3 Å². The third kappa shape index (κ3) is 4.74. The highest BCUT2D eigenvalue weighted by Gasteiger charge is 2.16. The molecule has 0 nitrogen and oxygen atoms in total. The summed E-state index contributed by atoms with van der Waals surface area (Å²) >= 11 is 3.72. The van der Waals surface area contributed by atoms with Gasteiger partial charge in [0.05, 0.1) is 0 Å². The second-order valence-electron chi connectivity index (χ2n) is 7.40. The molecule has 0 aromatic heterocycles. The van der Waals surface area contributed by atoms with Crippen molar-refractivity contribution < 1.29 is 0 Å². The molecule has 0 N–H and O–H groups in total. The lowest BCUT2D eigenvalue weighted by molar-refractivity contribution is 1.00. The van der Waals surface area contributed by atoms with Gasteiger partial charge >= 0.3 is 0 Å². The summed E-state index contributed by atoms with van der Waals surface area (Å²) in [7, 11) is 0. The number of rotatable bonds is 2. The molecule has 0 saturated heterocycles. The van der Waals surface area contributed by atoms with Crippen LogP contribution in [0, 0.1) is 13.8 Å². The highest BCUT2D eigenvalue weighted by molar-refractivity contribution is 8.05. The van der Waals surface area contributed by atoms with Crippen LogP contribution in [0.4, 0.5) is 0 Å². The fourth-order valence-corrected chi connectivity index (χ4v) is 5.68. The van der Waals surface area contributed by atoms with Crippen molar-refractivity contribution in [1.82, 2.24) is 0 Å². The van der Waals surface area contributed by atoms with Gasteiger partial charge in [-0.3, -0.25) is 0 Å². The summed E-state index contributed by atoms with van der Waals surface area (Å²) in [4.78, 5) is 3.75. The van der Waals surface area contributed by atoms with Crippen LogP contribution in [0.2, 0.25) is 0 Å². The third-order valence-corrected chi connectivity index (χ3v) is 7.57. The number of fused-ring (bicyclic) bond motifs is 3. The van der Waals surface area contributed by atoms with E-state index in [9.17, 15) is 0 Å².